The van der Waals surface area contributed by atoms with Gasteiger partial charge in [0, 0.05) is 4.47 Å². The van der Waals surface area contributed by atoms with Crippen molar-refractivity contribution in [2.24, 2.45) is 0 Å². The number of methoxy groups -OCH3 is 1. The van der Waals surface area contributed by atoms with Crippen molar-refractivity contribution in [3.63, 3.8) is 0 Å². The number of nitrogens with zero attached hydrogens (tertiary/aromatic N) is 2. The Morgan fingerprint density at radius 3 is 2.85 bits per heavy atom. The van der Waals surface area contributed by atoms with Crippen molar-refractivity contribution in [2.75, 3.05) is 12.8 Å². The maximum Gasteiger partial charge on any atom is 0.206 e. The molecule has 3 rings (SSSR count). The van der Waals surface area contributed by atoms with E-state index in [1.807, 2.05) is 12.1 Å². The van der Waals surface area contributed by atoms with Gasteiger partial charge in [0.25, 0.3) is 0 Å². The summed E-state index contributed by atoms with van der Waals surface area (Å²) in [7, 11) is 1.57. The van der Waals surface area contributed by atoms with Crippen LogP contribution in [0.5, 0.6) is 5.75 Å². The molecule has 0 unspecified atom stereocenters. The van der Waals surface area contributed by atoms with Crippen LogP contribution in [0.25, 0.3) is 16.7 Å². The van der Waals surface area contributed by atoms with Gasteiger partial charge in [0.05, 0.1) is 18.3 Å². The number of aromatic nitrogens is 2. The maximum atomic E-state index is 13.5. The second kappa shape index (κ2) is 4.79. The molecule has 0 aliphatic rings. The van der Waals surface area contributed by atoms with Crippen molar-refractivity contribution in [3.05, 3.63) is 46.7 Å². The van der Waals surface area contributed by atoms with Gasteiger partial charge in [-0.2, -0.15) is 0 Å². The van der Waals surface area contributed by atoms with Crippen LogP contribution in [-0.4, -0.2) is 16.7 Å². The lowest BCUT2D eigenvalue weighted by molar-refractivity contribution is 0.419. The molecule has 0 aliphatic heterocycles. The van der Waals surface area contributed by atoms with Crippen LogP contribution < -0.4 is 10.5 Å². The first-order valence-corrected chi connectivity index (χ1v) is 6.67. The van der Waals surface area contributed by atoms with Crippen LogP contribution in [0, 0.1) is 5.82 Å². The Kier molecular flexibility index (Phi) is 3.10. The molecule has 0 bridgehead atoms. The van der Waals surface area contributed by atoms with Gasteiger partial charge in [0.15, 0.2) is 0 Å². The highest BCUT2D eigenvalue weighted by molar-refractivity contribution is 9.10. The molecule has 102 valence electrons. The molecule has 0 aliphatic carbocycles. The van der Waals surface area contributed by atoms with Gasteiger partial charge < -0.3 is 10.5 Å². The van der Waals surface area contributed by atoms with E-state index in [4.69, 9.17) is 10.5 Å². The highest BCUT2D eigenvalue weighted by Crippen LogP contribution is 2.32. The summed E-state index contributed by atoms with van der Waals surface area (Å²) in [5.41, 5.74) is 7.98. The molecule has 0 amide bonds. The second-order valence-corrected chi connectivity index (χ2v) is 5.08. The van der Waals surface area contributed by atoms with Crippen LogP contribution in [0.3, 0.4) is 0 Å². The fourth-order valence-corrected chi connectivity index (χ4v) is 2.59. The van der Waals surface area contributed by atoms with E-state index in [1.54, 1.807) is 23.8 Å². The number of para-hydroxylation sites is 1. The average molecular weight is 336 g/mol. The number of hydrogen-bond acceptors (Lipinski definition) is 3. The molecule has 1 heterocycles. The first-order chi connectivity index (χ1) is 9.61. The van der Waals surface area contributed by atoms with Gasteiger partial charge in [-0.05, 0) is 46.3 Å². The van der Waals surface area contributed by atoms with Crippen LogP contribution in [0.1, 0.15) is 0 Å². The van der Waals surface area contributed by atoms with Crippen molar-refractivity contribution in [1.82, 2.24) is 9.55 Å². The Bertz CT molecular complexity index is 800. The number of imidazole rings is 1. The Balaban J connectivity index is 2.37. The molecule has 3 aromatic rings. The van der Waals surface area contributed by atoms with Crippen LogP contribution in [0.2, 0.25) is 0 Å². The van der Waals surface area contributed by atoms with Crippen molar-refractivity contribution >= 4 is 32.9 Å². The van der Waals surface area contributed by atoms with Gasteiger partial charge in [-0.25, -0.2) is 9.37 Å². The molecule has 0 atom stereocenters. The third kappa shape index (κ3) is 1.92. The van der Waals surface area contributed by atoms with E-state index >= 15 is 0 Å². The number of anilines is 1. The molecule has 1 aromatic heterocycles. The number of fused-ring (bicyclic) bond motifs is 1. The van der Waals surface area contributed by atoms with E-state index in [1.165, 1.54) is 12.1 Å². The highest BCUT2D eigenvalue weighted by atomic mass is 79.9. The lowest BCUT2D eigenvalue weighted by Crippen LogP contribution is -2.01. The summed E-state index contributed by atoms with van der Waals surface area (Å²) in [6, 6.07) is 9.92. The molecular weight excluding hydrogens is 325 g/mol. The number of hydrogen-bond donors (Lipinski definition) is 1. The molecule has 4 nitrogen and oxygen atoms in total. The normalized spacial score (nSPS) is 10.9. The van der Waals surface area contributed by atoms with Crippen molar-refractivity contribution in [2.45, 2.75) is 0 Å². The number of nitrogens with two attached hydrogens (primary N) is 1. The van der Waals surface area contributed by atoms with Crippen LogP contribution in [-0.2, 0) is 0 Å². The fraction of sp³-hybridized carbons (Fsp3) is 0.0714. The number of benzene rings is 2. The third-order valence-corrected chi connectivity index (χ3v) is 3.71. The van der Waals surface area contributed by atoms with Crippen LogP contribution >= 0.6 is 15.9 Å². The molecule has 0 spiro atoms. The Morgan fingerprint density at radius 2 is 2.10 bits per heavy atom. The zero-order chi connectivity index (χ0) is 14.3. The summed E-state index contributed by atoms with van der Waals surface area (Å²) in [6.45, 7) is 0. The zero-order valence-corrected chi connectivity index (χ0v) is 12.2. The first-order valence-electron chi connectivity index (χ1n) is 5.88. The molecule has 2 N–H and O–H groups in total. The predicted molar refractivity (Wildman–Crippen MR) is 79.7 cm³/mol. The third-order valence-electron chi connectivity index (χ3n) is 3.04. The average Bonchev–Trinajstić information content (AvgIpc) is 2.77. The van der Waals surface area contributed by atoms with Crippen LogP contribution in [0.4, 0.5) is 10.3 Å². The standard InChI is InChI=1S/C14H11BrFN3O/c1-20-12-4-2-3-10-13(12)18-14(17)19(10)11-7-8(16)5-6-9(11)15/h2-7H,1H3,(H2,17,18). The lowest BCUT2D eigenvalue weighted by atomic mass is 10.2. The number of nitrogen functional groups attached to an aromatic ring is 1. The minimum absolute atomic E-state index is 0.274. The van der Waals surface area contributed by atoms with E-state index in [9.17, 15) is 4.39 Å². The molecule has 0 fully saturated rings. The monoisotopic (exact) mass is 335 g/mol. The SMILES string of the molecule is COc1cccc2c1nc(N)n2-c1cc(F)ccc1Br. The summed E-state index contributed by atoms with van der Waals surface area (Å²) in [4.78, 5) is 4.30. The van der Waals surface area contributed by atoms with Gasteiger partial charge in [-0.15, -0.1) is 0 Å². The van der Waals surface area contributed by atoms with E-state index in [0.29, 0.717) is 17.0 Å². The largest absolute Gasteiger partial charge is 0.494 e. The van der Waals surface area contributed by atoms with E-state index in [0.717, 1.165) is 9.99 Å². The Labute approximate surface area is 123 Å². The molecule has 6 heteroatoms. The van der Waals surface area contributed by atoms with E-state index in [-0.39, 0.29) is 11.8 Å². The fourth-order valence-electron chi connectivity index (χ4n) is 2.17. The molecule has 20 heavy (non-hydrogen) atoms. The van der Waals surface area contributed by atoms with Gasteiger partial charge in [-0.1, -0.05) is 6.07 Å². The topological polar surface area (TPSA) is 53.1 Å². The Hall–Kier alpha value is -2.08. The van der Waals surface area contributed by atoms with Gasteiger partial charge in [-0.3, -0.25) is 4.57 Å². The quantitative estimate of drug-likeness (QED) is 0.779. The lowest BCUT2D eigenvalue weighted by Gasteiger charge is -2.09. The van der Waals surface area contributed by atoms with Gasteiger partial charge >= 0.3 is 0 Å². The van der Waals surface area contributed by atoms with Gasteiger partial charge in [0.1, 0.15) is 17.1 Å². The predicted octanol–water partition coefficient (Wildman–Crippen LogP) is 3.52. The molecule has 0 saturated carbocycles. The number of ether oxygens (including phenoxy) is 1. The maximum absolute atomic E-state index is 13.5. The summed E-state index contributed by atoms with van der Waals surface area (Å²) < 4.78 is 21.2. The molecule has 0 saturated heterocycles. The summed E-state index contributed by atoms with van der Waals surface area (Å²) >= 11 is 3.41. The summed E-state index contributed by atoms with van der Waals surface area (Å²) in [5, 5.41) is 0. The molecular formula is C14H11BrFN3O. The van der Waals surface area contributed by atoms with Crippen LogP contribution in [0.15, 0.2) is 40.9 Å². The van der Waals surface area contributed by atoms with Gasteiger partial charge in [0.2, 0.25) is 5.95 Å². The van der Waals surface area contributed by atoms with E-state index in [2.05, 4.69) is 20.9 Å². The first kappa shape index (κ1) is 12.9. The Morgan fingerprint density at radius 1 is 1.30 bits per heavy atom. The molecule has 0 radical (unpaired) electrons. The minimum atomic E-state index is -0.340. The molecule has 2 aromatic carbocycles. The number of halogens is 2. The van der Waals surface area contributed by atoms with Crippen molar-refractivity contribution < 1.29 is 9.13 Å². The van der Waals surface area contributed by atoms with E-state index < -0.39 is 0 Å². The van der Waals surface area contributed by atoms with Crippen molar-refractivity contribution in [1.29, 1.82) is 0 Å². The summed E-state index contributed by atoms with van der Waals surface area (Å²) in [5.74, 6) is 0.559. The highest BCUT2D eigenvalue weighted by Gasteiger charge is 2.15. The second-order valence-electron chi connectivity index (χ2n) is 4.23. The van der Waals surface area contributed by atoms with Crippen molar-refractivity contribution in [3.8, 4) is 11.4 Å². The summed E-state index contributed by atoms with van der Waals surface area (Å²) in [6.07, 6.45) is 0. The smallest absolute Gasteiger partial charge is 0.206 e. The number of rotatable bonds is 2. The minimum Gasteiger partial charge on any atom is -0.494 e. The zero-order valence-electron chi connectivity index (χ0n) is 10.6.